The molecule has 0 aromatic heterocycles. The molecule has 1 aliphatic rings. The molecule has 1 amide bonds. The van der Waals surface area contributed by atoms with Gasteiger partial charge in [-0.15, -0.1) is 0 Å². The Hall–Kier alpha value is -0.570. The van der Waals surface area contributed by atoms with Crippen molar-refractivity contribution in [3.05, 3.63) is 0 Å². The molecule has 0 unspecified atom stereocenters. The Morgan fingerprint density at radius 2 is 2.46 bits per heavy atom. The van der Waals surface area contributed by atoms with Gasteiger partial charge in [-0.1, -0.05) is 6.92 Å². The zero-order valence-corrected chi connectivity index (χ0v) is 8.60. The van der Waals surface area contributed by atoms with Crippen LogP contribution in [0.25, 0.3) is 0 Å². The third kappa shape index (κ3) is 3.35. The summed E-state index contributed by atoms with van der Waals surface area (Å²) in [6.07, 6.45) is 3.17. The second kappa shape index (κ2) is 5.22. The number of amides is 1. The van der Waals surface area contributed by atoms with Crippen molar-refractivity contribution < 1.29 is 4.79 Å². The Labute approximate surface area is 80.3 Å². The van der Waals surface area contributed by atoms with E-state index in [1.54, 1.807) is 0 Å². The van der Waals surface area contributed by atoms with Crippen LogP contribution in [0, 0.1) is 5.92 Å². The first-order chi connectivity index (χ1) is 6.24. The monoisotopic (exact) mass is 184 g/mol. The van der Waals surface area contributed by atoms with Crippen LogP contribution in [0.5, 0.6) is 0 Å². The number of carbonyl (C=O) groups excluding carboxylic acids is 1. The van der Waals surface area contributed by atoms with E-state index >= 15 is 0 Å². The molecule has 0 saturated carbocycles. The van der Waals surface area contributed by atoms with E-state index in [1.807, 2.05) is 6.92 Å². The van der Waals surface area contributed by atoms with Crippen LogP contribution in [0.4, 0.5) is 0 Å². The molecule has 2 N–H and O–H groups in total. The highest BCUT2D eigenvalue weighted by atomic mass is 16.1. The van der Waals surface area contributed by atoms with Gasteiger partial charge in [-0.05, 0) is 32.7 Å². The second-order valence-electron chi connectivity index (χ2n) is 3.86. The third-order valence-corrected chi connectivity index (χ3v) is 2.67. The van der Waals surface area contributed by atoms with E-state index < -0.39 is 0 Å². The van der Waals surface area contributed by atoms with Crippen molar-refractivity contribution in [2.45, 2.75) is 39.2 Å². The van der Waals surface area contributed by atoms with Crippen LogP contribution in [-0.2, 0) is 4.79 Å². The second-order valence-corrected chi connectivity index (χ2v) is 3.86. The van der Waals surface area contributed by atoms with Gasteiger partial charge in [-0.25, -0.2) is 0 Å². The molecule has 0 radical (unpaired) electrons. The topological polar surface area (TPSA) is 41.1 Å². The highest BCUT2D eigenvalue weighted by Crippen LogP contribution is 2.10. The summed E-state index contributed by atoms with van der Waals surface area (Å²) in [6.45, 7) is 6.05. The quantitative estimate of drug-likeness (QED) is 0.684. The minimum absolute atomic E-state index is 0.197. The summed E-state index contributed by atoms with van der Waals surface area (Å²) in [5.41, 5.74) is 0. The van der Waals surface area contributed by atoms with Crippen LogP contribution in [0.1, 0.15) is 33.1 Å². The fourth-order valence-corrected chi connectivity index (χ4v) is 1.54. The van der Waals surface area contributed by atoms with E-state index in [2.05, 4.69) is 17.6 Å². The zero-order chi connectivity index (χ0) is 9.68. The van der Waals surface area contributed by atoms with E-state index in [-0.39, 0.29) is 11.8 Å². The Balaban J connectivity index is 2.29. The van der Waals surface area contributed by atoms with Crippen LogP contribution in [0.2, 0.25) is 0 Å². The molecule has 2 atom stereocenters. The summed E-state index contributed by atoms with van der Waals surface area (Å²) in [4.78, 5) is 11.6. The first-order valence-corrected chi connectivity index (χ1v) is 5.25. The van der Waals surface area contributed by atoms with Crippen molar-refractivity contribution in [2.75, 3.05) is 13.1 Å². The predicted molar refractivity (Wildman–Crippen MR) is 53.5 cm³/mol. The maximum absolute atomic E-state index is 11.6. The summed E-state index contributed by atoms with van der Waals surface area (Å²) in [7, 11) is 0. The van der Waals surface area contributed by atoms with Crippen molar-refractivity contribution in [1.29, 1.82) is 0 Å². The number of nitrogens with one attached hydrogen (secondary N) is 2. The maximum Gasteiger partial charge on any atom is 0.224 e. The summed E-state index contributed by atoms with van der Waals surface area (Å²) in [5.74, 6) is 0.421. The number of piperidine rings is 1. The van der Waals surface area contributed by atoms with Gasteiger partial charge in [0, 0.05) is 12.6 Å². The molecular formula is C10H20N2O. The van der Waals surface area contributed by atoms with Gasteiger partial charge in [0.05, 0.1) is 5.92 Å². The smallest absolute Gasteiger partial charge is 0.224 e. The highest BCUT2D eigenvalue weighted by molar-refractivity contribution is 5.79. The molecule has 76 valence electrons. The van der Waals surface area contributed by atoms with E-state index in [0.717, 1.165) is 32.4 Å². The molecule has 13 heavy (non-hydrogen) atoms. The zero-order valence-electron chi connectivity index (χ0n) is 8.60. The molecule has 3 nitrogen and oxygen atoms in total. The molecule has 0 bridgehead atoms. The van der Waals surface area contributed by atoms with Crippen molar-refractivity contribution in [3.63, 3.8) is 0 Å². The molecule has 0 aliphatic carbocycles. The van der Waals surface area contributed by atoms with Crippen molar-refractivity contribution in [2.24, 2.45) is 5.92 Å². The van der Waals surface area contributed by atoms with E-state index in [9.17, 15) is 4.79 Å². The lowest BCUT2D eigenvalue weighted by atomic mass is 9.98. The molecule has 0 aromatic rings. The Kier molecular flexibility index (Phi) is 4.22. The lowest BCUT2D eigenvalue weighted by molar-refractivity contribution is -0.126. The summed E-state index contributed by atoms with van der Waals surface area (Å²) >= 11 is 0. The Bertz CT molecular complexity index is 164. The van der Waals surface area contributed by atoms with Gasteiger partial charge in [0.2, 0.25) is 5.91 Å². The van der Waals surface area contributed by atoms with Gasteiger partial charge in [-0.3, -0.25) is 4.79 Å². The lowest BCUT2D eigenvalue weighted by Crippen LogP contribution is -2.43. The summed E-state index contributed by atoms with van der Waals surface area (Å²) in [6, 6.07) is 0.314. The van der Waals surface area contributed by atoms with Crippen LogP contribution in [0.3, 0.4) is 0 Å². The molecular weight excluding hydrogens is 164 g/mol. The fourth-order valence-electron chi connectivity index (χ4n) is 1.54. The first kappa shape index (κ1) is 10.5. The van der Waals surface area contributed by atoms with E-state index in [0.29, 0.717) is 6.04 Å². The van der Waals surface area contributed by atoms with E-state index in [1.165, 1.54) is 0 Å². The fraction of sp³-hybridized carbons (Fsp3) is 0.900. The average Bonchev–Trinajstić information content (AvgIpc) is 2.19. The standard InChI is InChI=1S/C10H20N2O/c1-3-8(2)12-10(13)9-5-4-6-11-7-9/h8-9,11H,3-7H2,1-2H3,(H,12,13)/t8-,9+/m1/s1. The van der Waals surface area contributed by atoms with Crippen LogP contribution >= 0.6 is 0 Å². The van der Waals surface area contributed by atoms with Gasteiger partial charge < -0.3 is 10.6 Å². The SMILES string of the molecule is CC[C@@H](C)NC(=O)[C@H]1CCCNC1. The summed E-state index contributed by atoms with van der Waals surface area (Å²) in [5, 5.41) is 6.27. The van der Waals surface area contributed by atoms with Gasteiger partial charge >= 0.3 is 0 Å². The number of hydrogen-bond donors (Lipinski definition) is 2. The molecule has 1 rings (SSSR count). The first-order valence-electron chi connectivity index (χ1n) is 5.25. The minimum atomic E-state index is 0.197. The number of rotatable bonds is 3. The largest absolute Gasteiger partial charge is 0.353 e. The van der Waals surface area contributed by atoms with Crippen LogP contribution in [0.15, 0.2) is 0 Å². The summed E-state index contributed by atoms with van der Waals surface area (Å²) < 4.78 is 0. The number of carbonyl (C=O) groups is 1. The minimum Gasteiger partial charge on any atom is -0.353 e. The van der Waals surface area contributed by atoms with Gasteiger partial charge in [-0.2, -0.15) is 0 Å². The average molecular weight is 184 g/mol. The normalized spacial score (nSPS) is 25.2. The highest BCUT2D eigenvalue weighted by Gasteiger charge is 2.21. The maximum atomic E-state index is 11.6. The lowest BCUT2D eigenvalue weighted by Gasteiger charge is -2.23. The van der Waals surface area contributed by atoms with Gasteiger partial charge in [0.15, 0.2) is 0 Å². The molecule has 3 heteroatoms. The Morgan fingerprint density at radius 3 is 3.00 bits per heavy atom. The molecule has 0 spiro atoms. The van der Waals surface area contributed by atoms with Crippen LogP contribution < -0.4 is 10.6 Å². The molecule has 0 aromatic carbocycles. The van der Waals surface area contributed by atoms with E-state index in [4.69, 9.17) is 0 Å². The third-order valence-electron chi connectivity index (χ3n) is 2.67. The molecule has 1 fully saturated rings. The Morgan fingerprint density at radius 1 is 1.69 bits per heavy atom. The molecule has 1 aliphatic heterocycles. The van der Waals surface area contributed by atoms with Crippen molar-refractivity contribution in [3.8, 4) is 0 Å². The van der Waals surface area contributed by atoms with Gasteiger partial charge in [0.25, 0.3) is 0 Å². The van der Waals surface area contributed by atoms with Crippen molar-refractivity contribution in [1.82, 2.24) is 10.6 Å². The van der Waals surface area contributed by atoms with Crippen molar-refractivity contribution >= 4 is 5.91 Å². The van der Waals surface area contributed by atoms with Crippen LogP contribution in [-0.4, -0.2) is 25.0 Å². The predicted octanol–water partition coefficient (Wildman–Crippen LogP) is 0.901. The molecule has 1 heterocycles. The molecule has 1 saturated heterocycles. The van der Waals surface area contributed by atoms with Gasteiger partial charge in [0.1, 0.15) is 0 Å². The number of hydrogen-bond acceptors (Lipinski definition) is 2.